The van der Waals surface area contributed by atoms with Crippen LogP contribution < -0.4 is 5.32 Å². The van der Waals surface area contributed by atoms with E-state index < -0.39 is 9.84 Å². The van der Waals surface area contributed by atoms with Crippen molar-refractivity contribution in [3.63, 3.8) is 0 Å². The van der Waals surface area contributed by atoms with Gasteiger partial charge < -0.3 is 10.3 Å². The average Bonchev–Trinajstić information content (AvgIpc) is 2.99. The van der Waals surface area contributed by atoms with E-state index in [1.807, 2.05) is 26.0 Å². The first-order chi connectivity index (χ1) is 10.3. The highest BCUT2D eigenvalue weighted by Crippen LogP contribution is 2.22. The third kappa shape index (κ3) is 3.02. The van der Waals surface area contributed by atoms with E-state index in [9.17, 15) is 13.2 Å². The summed E-state index contributed by atoms with van der Waals surface area (Å²) >= 11 is 0. The molecule has 1 fully saturated rings. The summed E-state index contributed by atoms with van der Waals surface area (Å²) in [5, 5.41) is 3.88. The highest BCUT2D eigenvalue weighted by atomic mass is 32.2. The molecular formula is C16H20N2O3S. The fourth-order valence-corrected chi connectivity index (χ4v) is 4.95. The molecule has 2 heterocycles. The van der Waals surface area contributed by atoms with Crippen molar-refractivity contribution in [2.75, 3.05) is 18.1 Å². The van der Waals surface area contributed by atoms with Crippen molar-refractivity contribution in [2.45, 2.75) is 20.3 Å². The van der Waals surface area contributed by atoms with Crippen molar-refractivity contribution in [3.05, 3.63) is 35.0 Å². The molecule has 1 amide bonds. The number of hydrogen-bond acceptors (Lipinski definition) is 3. The number of aromatic nitrogens is 1. The van der Waals surface area contributed by atoms with Crippen molar-refractivity contribution in [1.29, 1.82) is 0 Å². The fourth-order valence-electron chi connectivity index (χ4n) is 3.09. The highest BCUT2D eigenvalue weighted by Gasteiger charge is 2.28. The normalized spacial score (nSPS) is 20.4. The van der Waals surface area contributed by atoms with E-state index in [2.05, 4.69) is 16.4 Å². The lowest BCUT2D eigenvalue weighted by molar-refractivity contribution is 0.0944. The van der Waals surface area contributed by atoms with Crippen LogP contribution in [0.2, 0.25) is 0 Å². The second-order valence-corrected chi connectivity index (χ2v) is 8.43. The summed E-state index contributed by atoms with van der Waals surface area (Å²) in [6.07, 6.45) is 0.633. The third-order valence-electron chi connectivity index (χ3n) is 4.21. The Kier molecular flexibility index (Phi) is 3.72. The summed E-state index contributed by atoms with van der Waals surface area (Å²) in [6, 6.07) is 5.95. The molecule has 1 aromatic heterocycles. The lowest BCUT2D eigenvalue weighted by Crippen LogP contribution is -2.30. The number of benzene rings is 1. The van der Waals surface area contributed by atoms with E-state index in [1.165, 1.54) is 0 Å². The lowest BCUT2D eigenvalue weighted by atomic mass is 10.1. The van der Waals surface area contributed by atoms with Crippen LogP contribution in [-0.4, -0.2) is 37.4 Å². The van der Waals surface area contributed by atoms with E-state index in [0.29, 0.717) is 18.7 Å². The Morgan fingerprint density at radius 1 is 1.32 bits per heavy atom. The predicted octanol–water partition coefficient (Wildman–Crippen LogP) is 1.95. The molecule has 6 heteroatoms. The Morgan fingerprint density at radius 3 is 2.77 bits per heavy atom. The monoisotopic (exact) mass is 320 g/mol. The van der Waals surface area contributed by atoms with Crippen LogP contribution in [0.5, 0.6) is 0 Å². The smallest absolute Gasteiger partial charge is 0.267 e. The summed E-state index contributed by atoms with van der Waals surface area (Å²) in [7, 11) is -2.90. The Balaban J connectivity index is 1.71. The first-order valence-corrected chi connectivity index (χ1v) is 9.25. The quantitative estimate of drug-likeness (QED) is 0.907. The summed E-state index contributed by atoms with van der Waals surface area (Å²) < 4.78 is 22.8. The van der Waals surface area contributed by atoms with Gasteiger partial charge in [-0.25, -0.2) is 8.42 Å². The maximum absolute atomic E-state index is 12.2. The molecule has 5 nitrogen and oxygen atoms in total. The molecule has 2 N–H and O–H groups in total. The van der Waals surface area contributed by atoms with Gasteiger partial charge in [-0.3, -0.25) is 4.79 Å². The molecule has 0 radical (unpaired) electrons. The fraction of sp³-hybridized carbons (Fsp3) is 0.438. The molecule has 0 spiro atoms. The minimum absolute atomic E-state index is 0.0299. The van der Waals surface area contributed by atoms with Crippen molar-refractivity contribution in [3.8, 4) is 0 Å². The van der Waals surface area contributed by atoms with Crippen LogP contribution in [0.25, 0.3) is 10.9 Å². The molecule has 1 aliphatic rings. The van der Waals surface area contributed by atoms with Crippen LogP contribution in [-0.2, 0) is 9.84 Å². The summed E-state index contributed by atoms with van der Waals surface area (Å²) in [5.74, 6) is 0.260. The van der Waals surface area contributed by atoms with E-state index in [0.717, 1.165) is 22.0 Å². The number of amides is 1. The van der Waals surface area contributed by atoms with Crippen LogP contribution in [0, 0.1) is 19.8 Å². The van der Waals surface area contributed by atoms with E-state index in [-0.39, 0.29) is 23.3 Å². The van der Waals surface area contributed by atoms with Gasteiger partial charge in [0.25, 0.3) is 5.91 Å². The van der Waals surface area contributed by atoms with Gasteiger partial charge in [0, 0.05) is 17.4 Å². The summed E-state index contributed by atoms with van der Waals surface area (Å²) in [4.78, 5) is 15.4. The van der Waals surface area contributed by atoms with Gasteiger partial charge in [0.05, 0.1) is 11.5 Å². The minimum Gasteiger partial charge on any atom is -0.351 e. The number of hydrogen-bond donors (Lipinski definition) is 2. The number of aryl methyl sites for hydroxylation is 2. The minimum atomic E-state index is -2.90. The molecule has 2 aromatic rings. The first kappa shape index (κ1) is 15.1. The third-order valence-corrected chi connectivity index (χ3v) is 6.05. The van der Waals surface area contributed by atoms with Gasteiger partial charge in [-0.05, 0) is 49.4 Å². The van der Waals surface area contributed by atoms with Gasteiger partial charge in [-0.15, -0.1) is 0 Å². The molecular weight excluding hydrogens is 300 g/mol. The van der Waals surface area contributed by atoms with E-state index in [1.54, 1.807) is 0 Å². The van der Waals surface area contributed by atoms with Gasteiger partial charge in [0.1, 0.15) is 5.69 Å². The van der Waals surface area contributed by atoms with Gasteiger partial charge >= 0.3 is 0 Å². The summed E-state index contributed by atoms with van der Waals surface area (Å²) in [5.41, 5.74) is 3.75. The van der Waals surface area contributed by atoms with Gasteiger partial charge in [-0.1, -0.05) is 6.07 Å². The summed E-state index contributed by atoms with van der Waals surface area (Å²) in [6.45, 7) is 4.45. The molecule has 0 aliphatic carbocycles. The first-order valence-electron chi connectivity index (χ1n) is 7.43. The van der Waals surface area contributed by atoms with Crippen molar-refractivity contribution >= 4 is 26.6 Å². The second kappa shape index (κ2) is 5.43. The van der Waals surface area contributed by atoms with Crippen molar-refractivity contribution in [2.24, 2.45) is 5.92 Å². The molecule has 0 unspecified atom stereocenters. The number of aromatic amines is 1. The maximum atomic E-state index is 12.2. The SMILES string of the molecule is Cc1cc(C)c2cc(C(=O)NC[C@@H]3CCS(=O)(=O)C3)[nH]c2c1. The maximum Gasteiger partial charge on any atom is 0.267 e. The topological polar surface area (TPSA) is 79.0 Å². The molecule has 1 saturated heterocycles. The highest BCUT2D eigenvalue weighted by molar-refractivity contribution is 7.91. The number of rotatable bonds is 3. The van der Waals surface area contributed by atoms with Crippen LogP contribution >= 0.6 is 0 Å². The second-order valence-electron chi connectivity index (χ2n) is 6.21. The average molecular weight is 320 g/mol. The Labute approximate surface area is 130 Å². The number of carbonyl (C=O) groups excluding carboxylic acids is 1. The van der Waals surface area contributed by atoms with E-state index >= 15 is 0 Å². The Hall–Kier alpha value is -1.82. The molecule has 1 aliphatic heterocycles. The van der Waals surface area contributed by atoms with Crippen LogP contribution in [0.1, 0.15) is 28.0 Å². The Morgan fingerprint density at radius 2 is 2.09 bits per heavy atom. The predicted molar refractivity (Wildman–Crippen MR) is 86.9 cm³/mol. The largest absolute Gasteiger partial charge is 0.351 e. The van der Waals surface area contributed by atoms with Gasteiger partial charge in [0.2, 0.25) is 0 Å². The molecule has 22 heavy (non-hydrogen) atoms. The number of H-pyrrole nitrogens is 1. The zero-order chi connectivity index (χ0) is 15.9. The zero-order valence-corrected chi connectivity index (χ0v) is 13.6. The van der Waals surface area contributed by atoms with E-state index in [4.69, 9.17) is 0 Å². The molecule has 1 aromatic carbocycles. The van der Waals surface area contributed by atoms with Crippen LogP contribution in [0.3, 0.4) is 0 Å². The van der Waals surface area contributed by atoms with Crippen LogP contribution in [0.4, 0.5) is 0 Å². The number of sulfone groups is 1. The Bertz CT molecular complexity index is 836. The molecule has 118 valence electrons. The molecule has 0 bridgehead atoms. The number of carbonyl (C=O) groups is 1. The standard InChI is InChI=1S/C16H20N2O3S/c1-10-5-11(2)13-7-15(18-14(13)6-10)16(19)17-8-12-3-4-22(20,21)9-12/h5-7,12,18H,3-4,8-9H2,1-2H3,(H,17,19)/t12-/m0/s1. The van der Waals surface area contributed by atoms with Crippen LogP contribution in [0.15, 0.2) is 18.2 Å². The van der Waals surface area contributed by atoms with Crippen molar-refractivity contribution in [1.82, 2.24) is 10.3 Å². The molecule has 3 rings (SSSR count). The van der Waals surface area contributed by atoms with Gasteiger partial charge in [0.15, 0.2) is 9.84 Å². The van der Waals surface area contributed by atoms with Crippen molar-refractivity contribution < 1.29 is 13.2 Å². The molecule has 1 atom stereocenters. The molecule has 0 saturated carbocycles. The lowest BCUT2D eigenvalue weighted by Gasteiger charge is -2.08. The van der Waals surface area contributed by atoms with Gasteiger partial charge in [-0.2, -0.15) is 0 Å². The zero-order valence-electron chi connectivity index (χ0n) is 12.8. The number of nitrogens with one attached hydrogen (secondary N) is 2. The number of fused-ring (bicyclic) bond motifs is 1.